The fourth-order valence-electron chi connectivity index (χ4n) is 3.66. The minimum absolute atomic E-state index is 0.778. The van der Waals surface area contributed by atoms with Crippen LogP contribution in [-0.4, -0.2) is 31.4 Å². The van der Waals surface area contributed by atoms with E-state index in [1.165, 1.54) is 22.0 Å². The molecule has 1 aliphatic rings. The first-order valence-corrected chi connectivity index (χ1v) is 8.89. The summed E-state index contributed by atoms with van der Waals surface area (Å²) < 4.78 is 0. The molecule has 3 aromatic heterocycles. The maximum atomic E-state index is 4.84. The number of aromatic amines is 1. The summed E-state index contributed by atoms with van der Waals surface area (Å²) in [4.78, 5) is 19.2. The average Bonchev–Trinajstić information content (AvgIpc) is 3.18. The second-order valence-corrected chi connectivity index (χ2v) is 6.72. The van der Waals surface area contributed by atoms with Gasteiger partial charge in [-0.1, -0.05) is 12.1 Å². The molecule has 0 saturated carbocycles. The molecule has 0 fully saturated rings. The number of benzene rings is 1. The van der Waals surface area contributed by atoms with Gasteiger partial charge in [-0.2, -0.15) is 0 Å². The number of nitrogens with one attached hydrogen (secondary N) is 1. The van der Waals surface area contributed by atoms with Gasteiger partial charge < -0.3 is 4.98 Å². The van der Waals surface area contributed by atoms with E-state index in [0.29, 0.717) is 0 Å². The SMILES string of the molecule is c1cc(CN2CCc3cnc(-c4ccncc4)nc3C2)c2cc[nH]c2c1. The monoisotopic (exact) mass is 341 g/mol. The van der Waals surface area contributed by atoms with E-state index in [0.717, 1.165) is 43.1 Å². The highest BCUT2D eigenvalue weighted by Gasteiger charge is 2.19. The smallest absolute Gasteiger partial charge is 0.159 e. The van der Waals surface area contributed by atoms with Gasteiger partial charge >= 0.3 is 0 Å². The Morgan fingerprint density at radius 1 is 1.08 bits per heavy atom. The Bertz CT molecular complexity index is 1050. The highest BCUT2D eigenvalue weighted by molar-refractivity contribution is 5.82. The molecule has 5 rings (SSSR count). The maximum absolute atomic E-state index is 4.84. The quantitative estimate of drug-likeness (QED) is 0.619. The van der Waals surface area contributed by atoms with Crippen LogP contribution in [0.25, 0.3) is 22.3 Å². The number of pyridine rings is 1. The van der Waals surface area contributed by atoms with Crippen LogP contribution in [0.15, 0.2) is 61.2 Å². The molecule has 0 bridgehead atoms. The van der Waals surface area contributed by atoms with Gasteiger partial charge in [0.15, 0.2) is 5.82 Å². The lowest BCUT2D eigenvalue weighted by atomic mass is 10.0. The Balaban J connectivity index is 1.41. The van der Waals surface area contributed by atoms with Crippen molar-refractivity contribution in [1.82, 2.24) is 24.8 Å². The molecule has 0 aliphatic carbocycles. The van der Waals surface area contributed by atoms with Gasteiger partial charge in [0.1, 0.15) is 0 Å². The summed E-state index contributed by atoms with van der Waals surface area (Å²) >= 11 is 0. The lowest BCUT2D eigenvalue weighted by Gasteiger charge is -2.28. The lowest BCUT2D eigenvalue weighted by Crippen LogP contribution is -2.31. The van der Waals surface area contributed by atoms with Crippen molar-refractivity contribution in [3.8, 4) is 11.4 Å². The summed E-state index contributed by atoms with van der Waals surface area (Å²) in [6.45, 7) is 2.83. The van der Waals surface area contributed by atoms with Crippen molar-refractivity contribution in [2.45, 2.75) is 19.5 Å². The van der Waals surface area contributed by atoms with Gasteiger partial charge in [-0.05, 0) is 41.8 Å². The third-order valence-corrected chi connectivity index (χ3v) is 5.04. The molecule has 26 heavy (non-hydrogen) atoms. The second-order valence-electron chi connectivity index (χ2n) is 6.72. The van der Waals surface area contributed by atoms with E-state index >= 15 is 0 Å². The van der Waals surface area contributed by atoms with Gasteiger partial charge in [0.25, 0.3) is 0 Å². The molecule has 0 amide bonds. The van der Waals surface area contributed by atoms with Gasteiger partial charge in [0, 0.05) is 60.9 Å². The zero-order valence-electron chi connectivity index (χ0n) is 14.4. The van der Waals surface area contributed by atoms with Gasteiger partial charge in [-0.25, -0.2) is 9.97 Å². The van der Waals surface area contributed by atoms with Crippen molar-refractivity contribution in [2.75, 3.05) is 6.54 Å². The van der Waals surface area contributed by atoms with Crippen LogP contribution in [0.1, 0.15) is 16.8 Å². The molecule has 0 saturated heterocycles. The molecule has 4 heterocycles. The number of hydrogen-bond donors (Lipinski definition) is 1. The second kappa shape index (κ2) is 6.35. The largest absolute Gasteiger partial charge is 0.361 e. The van der Waals surface area contributed by atoms with Gasteiger partial charge in [0.05, 0.1) is 5.69 Å². The normalized spacial score (nSPS) is 14.5. The highest BCUT2D eigenvalue weighted by atomic mass is 15.1. The van der Waals surface area contributed by atoms with Crippen LogP contribution in [0.5, 0.6) is 0 Å². The van der Waals surface area contributed by atoms with E-state index in [9.17, 15) is 0 Å². The molecule has 5 heteroatoms. The van der Waals surface area contributed by atoms with Crippen LogP contribution in [0.3, 0.4) is 0 Å². The number of H-pyrrole nitrogens is 1. The van der Waals surface area contributed by atoms with Crippen molar-refractivity contribution in [1.29, 1.82) is 0 Å². The molecular weight excluding hydrogens is 322 g/mol. The summed E-state index contributed by atoms with van der Waals surface area (Å²) in [5.74, 6) is 0.778. The lowest BCUT2D eigenvalue weighted by molar-refractivity contribution is 0.242. The van der Waals surface area contributed by atoms with Crippen LogP contribution < -0.4 is 0 Å². The van der Waals surface area contributed by atoms with Gasteiger partial charge in [-0.3, -0.25) is 9.88 Å². The minimum atomic E-state index is 0.778. The van der Waals surface area contributed by atoms with Crippen LogP contribution in [0.4, 0.5) is 0 Å². The topological polar surface area (TPSA) is 57.7 Å². The number of aromatic nitrogens is 4. The molecule has 0 spiro atoms. The third kappa shape index (κ3) is 2.76. The molecule has 0 radical (unpaired) electrons. The van der Waals surface area contributed by atoms with E-state index in [2.05, 4.69) is 44.1 Å². The van der Waals surface area contributed by atoms with E-state index < -0.39 is 0 Å². The Morgan fingerprint density at radius 2 is 2.00 bits per heavy atom. The van der Waals surface area contributed by atoms with E-state index in [1.807, 2.05) is 24.5 Å². The van der Waals surface area contributed by atoms with Gasteiger partial charge in [-0.15, -0.1) is 0 Å². The molecule has 0 atom stereocenters. The zero-order chi connectivity index (χ0) is 17.3. The summed E-state index contributed by atoms with van der Waals surface area (Å²) in [5, 5.41) is 1.30. The number of hydrogen-bond acceptors (Lipinski definition) is 4. The zero-order valence-corrected chi connectivity index (χ0v) is 14.4. The highest BCUT2D eigenvalue weighted by Crippen LogP contribution is 2.24. The summed E-state index contributed by atoms with van der Waals surface area (Å²) in [5.41, 5.74) is 5.97. The number of rotatable bonds is 3. The molecule has 1 N–H and O–H groups in total. The van der Waals surface area contributed by atoms with E-state index in [-0.39, 0.29) is 0 Å². The fraction of sp³-hybridized carbons (Fsp3) is 0.190. The Morgan fingerprint density at radius 3 is 2.92 bits per heavy atom. The van der Waals surface area contributed by atoms with Crippen LogP contribution in [-0.2, 0) is 19.5 Å². The molecule has 5 nitrogen and oxygen atoms in total. The summed E-state index contributed by atoms with van der Waals surface area (Å²) in [7, 11) is 0. The molecule has 128 valence electrons. The van der Waals surface area contributed by atoms with Crippen LogP contribution in [0, 0.1) is 0 Å². The summed E-state index contributed by atoms with van der Waals surface area (Å²) in [6.07, 6.45) is 8.55. The molecule has 0 unspecified atom stereocenters. The first-order valence-electron chi connectivity index (χ1n) is 8.89. The van der Waals surface area contributed by atoms with Crippen LogP contribution in [0.2, 0.25) is 0 Å². The van der Waals surface area contributed by atoms with Crippen molar-refractivity contribution in [2.24, 2.45) is 0 Å². The van der Waals surface area contributed by atoms with Crippen molar-refractivity contribution in [3.05, 3.63) is 78.0 Å². The van der Waals surface area contributed by atoms with Crippen molar-refractivity contribution < 1.29 is 0 Å². The standard InChI is InChI=1S/C21H19N5/c1-2-17(18-6-10-23-19(18)3-1)13-26-11-7-16-12-24-21(25-20(16)14-26)15-4-8-22-9-5-15/h1-6,8-10,12,23H,7,11,13-14H2. The molecule has 1 aromatic carbocycles. The van der Waals surface area contributed by atoms with Crippen molar-refractivity contribution >= 4 is 10.9 Å². The van der Waals surface area contributed by atoms with E-state index in [1.54, 1.807) is 12.4 Å². The first-order chi connectivity index (χ1) is 12.9. The Kier molecular flexibility index (Phi) is 3.72. The Labute approximate surface area is 151 Å². The van der Waals surface area contributed by atoms with Crippen molar-refractivity contribution in [3.63, 3.8) is 0 Å². The Hall–Kier alpha value is -3.05. The first kappa shape index (κ1) is 15.2. The summed E-state index contributed by atoms with van der Waals surface area (Å²) in [6, 6.07) is 12.5. The molecular formula is C21H19N5. The number of nitrogens with zero attached hydrogens (tertiary/aromatic N) is 4. The van der Waals surface area contributed by atoms with Crippen LogP contribution >= 0.6 is 0 Å². The average molecular weight is 341 g/mol. The predicted molar refractivity (Wildman–Crippen MR) is 101 cm³/mol. The predicted octanol–water partition coefficient (Wildman–Crippen LogP) is 3.58. The van der Waals surface area contributed by atoms with E-state index in [4.69, 9.17) is 4.98 Å². The maximum Gasteiger partial charge on any atom is 0.159 e. The molecule has 1 aliphatic heterocycles. The number of fused-ring (bicyclic) bond motifs is 2. The minimum Gasteiger partial charge on any atom is -0.361 e. The van der Waals surface area contributed by atoms with Gasteiger partial charge in [0.2, 0.25) is 0 Å². The fourth-order valence-corrected chi connectivity index (χ4v) is 3.66. The molecule has 4 aromatic rings. The third-order valence-electron chi connectivity index (χ3n) is 5.04.